The van der Waals surface area contributed by atoms with Crippen LogP contribution in [-0.2, 0) is 6.54 Å². The monoisotopic (exact) mass is 343 g/mol. The third kappa shape index (κ3) is 2.85. The Bertz CT molecular complexity index is 801. The number of carbonyl (C=O) groups is 2. The van der Waals surface area contributed by atoms with Crippen molar-refractivity contribution >= 4 is 23.4 Å². The van der Waals surface area contributed by atoms with Crippen molar-refractivity contribution in [1.82, 2.24) is 14.9 Å². The van der Waals surface area contributed by atoms with Crippen LogP contribution in [0.4, 0.5) is 0 Å². The first-order chi connectivity index (χ1) is 11.6. The first kappa shape index (κ1) is 15.1. The lowest BCUT2D eigenvalue weighted by molar-refractivity contribution is 0.0640. The summed E-state index contributed by atoms with van der Waals surface area (Å²) in [7, 11) is 0. The summed E-state index contributed by atoms with van der Waals surface area (Å²) in [4.78, 5) is 34.1. The summed E-state index contributed by atoms with van der Waals surface area (Å²) in [5, 5.41) is 0.0370. The third-order valence-electron chi connectivity index (χ3n) is 4.09. The number of aromatic nitrogens is 2. The van der Waals surface area contributed by atoms with Gasteiger partial charge in [0.25, 0.3) is 11.8 Å². The molecule has 6 nitrogen and oxygen atoms in total. The first-order valence-corrected chi connectivity index (χ1v) is 8.11. The zero-order valence-corrected chi connectivity index (χ0v) is 13.5. The van der Waals surface area contributed by atoms with E-state index in [1.54, 1.807) is 30.3 Å². The maximum Gasteiger partial charge on any atom is 0.261 e. The smallest absolute Gasteiger partial charge is 0.261 e. The standard InChI is InChI=1S/C17H14ClN3O3/c18-17-19-11(7-14(20-17)24-9-10-5-6-10)8-21-15(22)12-3-1-2-4-13(12)16(21)23/h1-4,7,10H,5-6,8-9H2. The summed E-state index contributed by atoms with van der Waals surface area (Å²) < 4.78 is 5.61. The lowest BCUT2D eigenvalue weighted by Gasteiger charge is -2.14. The Hall–Kier alpha value is -2.47. The number of rotatable bonds is 5. The molecule has 2 amide bonds. The maximum atomic E-state index is 12.4. The number of benzene rings is 1. The second-order valence-corrected chi connectivity index (χ2v) is 6.30. The van der Waals surface area contributed by atoms with Crippen molar-refractivity contribution in [2.75, 3.05) is 6.61 Å². The quantitative estimate of drug-likeness (QED) is 0.616. The van der Waals surface area contributed by atoms with Crippen LogP contribution >= 0.6 is 11.6 Å². The third-order valence-corrected chi connectivity index (χ3v) is 4.26. The Morgan fingerprint density at radius 2 is 1.79 bits per heavy atom. The molecule has 0 N–H and O–H groups in total. The highest BCUT2D eigenvalue weighted by atomic mass is 35.5. The van der Waals surface area contributed by atoms with Crippen LogP contribution in [-0.4, -0.2) is 33.3 Å². The Kier molecular flexibility index (Phi) is 3.69. The zero-order valence-electron chi connectivity index (χ0n) is 12.7. The number of amides is 2. The fraction of sp³-hybridized carbons (Fsp3) is 0.294. The van der Waals surface area contributed by atoms with E-state index in [1.807, 2.05) is 0 Å². The van der Waals surface area contributed by atoms with Crippen LogP contribution in [0.2, 0.25) is 5.28 Å². The van der Waals surface area contributed by atoms with Crippen LogP contribution in [0.1, 0.15) is 39.3 Å². The van der Waals surface area contributed by atoms with Crippen LogP contribution in [0.3, 0.4) is 0 Å². The summed E-state index contributed by atoms with van der Waals surface area (Å²) in [6.07, 6.45) is 2.33. The largest absolute Gasteiger partial charge is 0.477 e. The summed E-state index contributed by atoms with van der Waals surface area (Å²) in [6.45, 7) is 0.633. The highest BCUT2D eigenvalue weighted by Gasteiger charge is 2.35. The van der Waals surface area contributed by atoms with Gasteiger partial charge in [0, 0.05) is 6.07 Å². The second kappa shape index (κ2) is 5.87. The highest BCUT2D eigenvalue weighted by molar-refractivity contribution is 6.28. The van der Waals surface area contributed by atoms with E-state index in [-0.39, 0.29) is 23.6 Å². The first-order valence-electron chi connectivity index (χ1n) is 7.73. The number of fused-ring (bicyclic) bond motifs is 1. The van der Waals surface area contributed by atoms with E-state index in [4.69, 9.17) is 16.3 Å². The molecule has 0 bridgehead atoms. The zero-order chi connectivity index (χ0) is 16.7. The van der Waals surface area contributed by atoms with Crippen molar-refractivity contribution in [2.24, 2.45) is 5.92 Å². The van der Waals surface area contributed by atoms with Gasteiger partial charge in [-0.3, -0.25) is 14.5 Å². The number of nitrogens with zero attached hydrogens (tertiary/aromatic N) is 3. The van der Waals surface area contributed by atoms with Crippen LogP contribution in [0.25, 0.3) is 0 Å². The fourth-order valence-corrected chi connectivity index (χ4v) is 2.82. The van der Waals surface area contributed by atoms with Gasteiger partial charge in [-0.15, -0.1) is 0 Å². The van der Waals surface area contributed by atoms with E-state index in [0.29, 0.717) is 35.2 Å². The van der Waals surface area contributed by atoms with Gasteiger partial charge >= 0.3 is 0 Å². The van der Waals surface area contributed by atoms with Gasteiger partial charge in [-0.1, -0.05) is 12.1 Å². The van der Waals surface area contributed by atoms with E-state index in [1.165, 1.54) is 12.8 Å². The normalized spacial score (nSPS) is 16.5. The molecule has 24 heavy (non-hydrogen) atoms. The van der Waals surface area contributed by atoms with Crippen molar-refractivity contribution in [3.05, 3.63) is 52.4 Å². The molecule has 0 radical (unpaired) electrons. The van der Waals surface area contributed by atoms with Gasteiger partial charge in [-0.25, -0.2) is 4.98 Å². The molecule has 122 valence electrons. The predicted molar refractivity (Wildman–Crippen MR) is 85.9 cm³/mol. The van der Waals surface area contributed by atoms with E-state index < -0.39 is 0 Å². The van der Waals surface area contributed by atoms with E-state index in [9.17, 15) is 9.59 Å². The molecule has 2 aliphatic rings. The topological polar surface area (TPSA) is 72.4 Å². The lowest BCUT2D eigenvalue weighted by Crippen LogP contribution is -2.29. The molecule has 0 saturated heterocycles. The van der Waals surface area contributed by atoms with Crippen molar-refractivity contribution in [3.63, 3.8) is 0 Å². The van der Waals surface area contributed by atoms with Gasteiger partial charge < -0.3 is 4.74 Å². The molecule has 0 unspecified atom stereocenters. The van der Waals surface area contributed by atoms with Crippen molar-refractivity contribution in [1.29, 1.82) is 0 Å². The minimum atomic E-state index is -0.328. The number of ether oxygens (including phenoxy) is 1. The summed E-state index contributed by atoms with van der Waals surface area (Å²) >= 11 is 5.94. The molecule has 4 rings (SSSR count). The Morgan fingerprint density at radius 1 is 1.12 bits per heavy atom. The Morgan fingerprint density at radius 3 is 2.42 bits per heavy atom. The summed E-state index contributed by atoms with van der Waals surface area (Å²) in [5.41, 5.74) is 1.29. The fourth-order valence-electron chi connectivity index (χ4n) is 2.63. The van der Waals surface area contributed by atoms with E-state index in [2.05, 4.69) is 9.97 Å². The predicted octanol–water partition coefficient (Wildman–Crippen LogP) is 2.72. The van der Waals surface area contributed by atoms with Gasteiger partial charge in [0.1, 0.15) is 0 Å². The minimum Gasteiger partial charge on any atom is -0.477 e. The minimum absolute atomic E-state index is 0.0361. The Balaban J connectivity index is 1.55. The molecule has 1 aliphatic carbocycles. The molecule has 7 heteroatoms. The number of imide groups is 1. The number of carbonyl (C=O) groups excluding carboxylic acids is 2. The molecule has 1 fully saturated rings. The molecular formula is C17H14ClN3O3. The average molecular weight is 344 g/mol. The highest BCUT2D eigenvalue weighted by Crippen LogP contribution is 2.30. The van der Waals surface area contributed by atoms with Crippen molar-refractivity contribution < 1.29 is 14.3 Å². The molecule has 0 atom stereocenters. The molecule has 0 spiro atoms. The second-order valence-electron chi connectivity index (χ2n) is 5.96. The van der Waals surface area contributed by atoms with E-state index in [0.717, 1.165) is 4.90 Å². The van der Waals surface area contributed by atoms with Crippen LogP contribution < -0.4 is 4.74 Å². The Labute approximate surface area is 143 Å². The summed E-state index contributed by atoms with van der Waals surface area (Å²) in [6, 6.07) is 8.38. The number of hydrogen-bond acceptors (Lipinski definition) is 5. The molecular weight excluding hydrogens is 330 g/mol. The molecule has 1 aromatic heterocycles. The van der Waals surface area contributed by atoms with Gasteiger partial charge in [0.15, 0.2) is 0 Å². The van der Waals surface area contributed by atoms with Crippen LogP contribution in [0.15, 0.2) is 30.3 Å². The van der Waals surface area contributed by atoms with Gasteiger partial charge in [0.2, 0.25) is 11.2 Å². The average Bonchev–Trinajstić information content (AvgIpc) is 3.37. The number of halogens is 1. The van der Waals surface area contributed by atoms with Crippen LogP contribution in [0, 0.1) is 5.92 Å². The molecule has 2 aromatic rings. The lowest BCUT2D eigenvalue weighted by atomic mass is 10.1. The molecule has 1 aliphatic heterocycles. The molecule has 1 aromatic carbocycles. The van der Waals surface area contributed by atoms with Gasteiger partial charge in [0.05, 0.1) is 30.0 Å². The van der Waals surface area contributed by atoms with Crippen molar-refractivity contribution in [3.8, 4) is 5.88 Å². The molecule has 1 saturated carbocycles. The van der Waals surface area contributed by atoms with Crippen molar-refractivity contribution in [2.45, 2.75) is 19.4 Å². The van der Waals surface area contributed by atoms with Gasteiger partial charge in [-0.2, -0.15) is 4.98 Å². The number of hydrogen-bond donors (Lipinski definition) is 0. The van der Waals surface area contributed by atoms with Crippen LogP contribution in [0.5, 0.6) is 5.88 Å². The molecule has 2 heterocycles. The van der Waals surface area contributed by atoms with E-state index >= 15 is 0 Å². The SMILES string of the molecule is O=C1c2ccccc2C(=O)N1Cc1cc(OCC2CC2)nc(Cl)n1. The summed E-state index contributed by atoms with van der Waals surface area (Å²) in [5.74, 6) is 0.295. The van der Waals surface area contributed by atoms with Gasteiger partial charge in [-0.05, 0) is 42.5 Å². The maximum absolute atomic E-state index is 12.4.